The Morgan fingerprint density at radius 2 is 1.87 bits per heavy atom. The van der Waals surface area contributed by atoms with Crippen molar-refractivity contribution >= 4 is 5.69 Å². The number of aliphatic hydroxyl groups is 1. The van der Waals surface area contributed by atoms with E-state index < -0.39 is 0 Å². The van der Waals surface area contributed by atoms with Crippen molar-refractivity contribution < 1.29 is 36.2 Å². The molecule has 1 aliphatic heterocycles. The molecular formula is C12H17NOU. The SMILES string of the molecule is [CH2-]O.[U+2].c1ccc(N2C[CH-]CCC2)cc1. The van der Waals surface area contributed by atoms with Gasteiger partial charge >= 0.3 is 31.1 Å². The van der Waals surface area contributed by atoms with Crippen molar-refractivity contribution in [1.29, 1.82) is 0 Å². The molecule has 1 aromatic carbocycles. The van der Waals surface area contributed by atoms with Crippen LogP contribution in [0.4, 0.5) is 5.69 Å². The van der Waals surface area contributed by atoms with Crippen molar-refractivity contribution in [1.82, 2.24) is 0 Å². The molecule has 2 nitrogen and oxygen atoms in total. The van der Waals surface area contributed by atoms with E-state index in [0.717, 1.165) is 6.54 Å². The van der Waals surface area contributed by atoms with Gasteiger partial charge < -0.3 is 16.4 Å². The fourth-order valence-electron chi connectivity index (χ4n) is 1.64. The topological polar surface area (TPSA) is 23.5 Å². The van der Waals surface area contributed by atoms with Crippen LogP contribution in [0.5, 0.6) is 0 Å². The summed E-state index contributed by atoms with van der Waals surface area (Å²) in [6, 6.07) is 10.6. The van der Waals surface area contributed by atoms with Crippen LogP contribution in [0.25, 0.3) is 0 Å². The monoisotopic (exact) mass is 429 g/mol. The van der Waals surface area contributed by atoms with Crippen LogP contribution in [0.3, 0.4) is 0 Å². The molecule has 0 spiro atoms. The molecule has 1 aliphatic rings. The fraction of sp³-hybridized carbons (Fsp3) is 0.333. The van der Waals surface area contributed by atoms with Gasteiger partial charge in [-0.3, -0.25) is 0 Å². The van der Waals surface area contributed by atoms with Crippen molar-refractivity contribution in [2.24, 2.45) is 0 Å². The van der Waals surface area contributed by atoms with Crippen molar-refractivity contribution in [3.8, 4) is 0 Å². The molecule has 0 amide bonds. The third kappa shape index (κ3) is 5.06. The molecule has 1 heterocycles. The predicted octanol–water partition coefficient (Wildman–Crippen LogP) is 2.64. The number of benzene rings is 1. The summed E-state index contributed by atoms with van der Waals surface area (Å²) in [4.78, 5) is 2.42. The Hall–Kier alpha value is 0.0319. The van der Waals surface area contributed by atoms with Gasteiger partial charge in [-0.25, -0.2) is 7.11 Å². The van der Waals surface area contributed by atoms with E-state index in [0.29, 0.717) is 0 Å². The molecule has 80 valence electrons. The van der Waals surface area contributed by atoms with Crippen molar-refractivity contribution in [2.45, 2.75) is 12.8 Å². The van der Waals surface area contributed by atoms with Crippen LogP contribution >= 0.6 is 0 Å². The van der Waals surface area contributed by atoms with Gasteiger partial charge in [-0.2, -0.15) is 6.42 Å². The van der Waals surface area contributed by atoms with E-state index in [1.807, 2.05) is 0 Å². The van der Waals surface area contributed by atoms with Crippen LogP contribution in [0.2, 0.25) is 0 Å². The Balaban J connectivity index is 0.000000617. The van der Waals surface area contributed by atoms with Gasteiger partial charge in [0.1, 0.15) is 0 Å². The summed E-state index contributed by atoms with van der Waals surface area (Å²) in [5.74, 6) is 0. The fourth-order valence-corrected chi connectivity index (χ4v) is 1.64. The zero-order chi connectivity index (χ0) is 10.2. The second-order valence-corrected chi connectivity index (χ2v) is 3.21. The maximum atomic E-state index is 6.75. The molecule has 2 rings (SSSR count). The van der Waals surface area contributed by atoms with Crippen LogP contribution in [0, 0.1) is 44.6 Å². The van der Waals surface area contributed by atoms with E-state index in [9.17, 15) is 0 Å². The standard InChI is InChI=1S/C11H14N.CH3O.U/c1-3-7-11(8-4-1)12-9-5-2-6-10-12;1-2;/h1,3-5,7-8H,2,6,9-10H2;2H,1H2;/q2*-1;+2. The average molecular weight is 429 g/mol. The third-order valence-electron chi connectivity index (χ3n) is 2.31. The van der Waals surface area contributed by atoms with Gasteiger partial charge in [0.25, 0.3) is 0 Å². The van der Waals surface area contributed by atoms with Crippen LogP contribution in [-0.4, -0.2) is 18.2 Å². The minimum absolute atomic E-state index is 0. The zero-order valence-corrected chi connectivity index (χ0v) is 13.1. The number of aliphatic hydroxyl groups excluding tert-OH is 1. The van der Waals surface area contributed by atoms with Gasteiger partial charge in [-0.1, -0.05) is 24.6 Å². The quantitative estimate of drug-likeness (QED) is 0.695. The van der Waals surface area contributed by atoms with Crippen LogP contribution in [0.1, 0.15) is 12.8 Å². The molecule has 1 fully saturated rings. The van der Waals surface area contributed by atoms with E-state index >= 15 is 0 Å². The molecule has 1 N–H and O–H groups in total. The van der Waals surface area contributed by atoms with E-state index in [1.165, 1.54) is 25.1 Å². The van der Waals surface area contributed by atoms with Gasteiger partial charge in [0.15, 0.2) is 0 Å². The molecule has 0 unspecified atom stereocenters. The molecule has 0 radical (unpaired) electrons. The largest absolute Gasteiger partial charge is 2.00 e. The second-order valence-electron chi connectivity index (χ2n) is 3.21. The van der Waals surface area contributed by atoms with Crippen molar-refractivity contribution in [3.05, 3.63) is 43.9 Å². The third-order valence-corrected chi connectivity index (χ3v) is 2.31. The van der Waals surface area contributed by atoms with Crippen LogP contribution < -0.4 is 4.90 Å². The van der Waals surface area contributed by atoms with E-state index in [-0.39, 0.29) is 31.1 Å². The first-order valence-electron chi connectivity index (χ1n) is 4.90. The number of rotatable bonds is 1. The van der Waals surface area contributed by atoms with Crippen LogP contribution in [0.15, 0.2) is 30.3 Å². The van der Waals surface area contributed by atoms with Crippen molar-refractivity contribution in [3.63, 3.8) is 0 Å². The van der Waals surface area contributed by atoms with E-state index in [2.05, 4.69) is 48.8 Å². The Bertz CT molecular complexity index is 235. The smallest absolute Gasteiger partial charge is 0.569 e. The van der Waals surface area contributed by atoms with Crippen LogP contribution in [-0.2, 0) is 0 Å². The molecule has 15 heavy (non-hydrogen) atoms. The van der Waals surface area contributed by atoms with Gasteiger partial charge in [-0.05, 0) is 12.1 Å². The minimum atomic E-state index is 0. The molecule has 0 aliphatic carbocycles. The Labute approximate surface area is 116 Å². The average Bonchev–Trinajstić information content (AvgIpc) is 2.34. The normalized spacial score (nSPS) is 14.7. The maximum absolute atomic E-state index is 6.75. The number of hydrogen-bond acceptors (Lipinski definition) is 2. The van der Waals surface area contributed by atoms with Gasteiger partial charge in [0, 0.05) is 12.2 Å². The molecule has 0 bridgehead atoms. The molecule has 1 saturated heterocycles. The summed E-state index contributed by atoms with van der Waals surface area (Å²) in [5.41, 5.74) is 1.36. The van der Waals surface area contributed by atoms with E-state index in [4.69, 9.17) is 5.11 Å². The maximum Gasteiger partial charge on any atom is 2.00 e. The molecule has 0 aromatic heterocycles. The van der Waals surface area contributed by atoms with Crippen molar-refractivity contribution in [2.75, 3.05) is 18.0 Å². The number of nitrogens with zero attached hydrogens (tertiary/aromatic N) is 1. The number of anilines is 1. The first-order chi connectivity index (χ1) is 6.97. The summed E-state index contributed by atoms with van der Waals surface area (Å²) >= 11 is 0. The summed E-state index contributed by atoms with van der Waals surface area (Å²) in [6.45, 7) is 2.32. The zero-order valence-electron chi connectivity index (χ0n) is 8.89. The Kier molecular flexibility index (Phi) is 9.29. The number of para-hydroxylation sites is 1. The number of hydrogen-bond donors (Lipinski definition) is 1. The van der Waals surface area contributed by atoms with Gasteiger partial charge in [0.05, 0.1) is 0 Å². The Morgan fingerprint density at radius 1 is 1.20 bits per heavy atom. The molecule has 0 saturated carbocycles. The molecule has 0 atom stereocenters. The summed E-state index contributed by atoms with van der Waals surface area (Å²) in [6.07, 6.45) is 4.94. The molecule has 3 heteroatoms. The minimum Gasteiger partial charge on any atom is -0.569 e. The molecular weight excluding hydrogens is 412 g/mol. The summed E-state index contributed by atoms with van der Waals surface area (Å²) in [7, 11) is 2.25. The second kappa shape index (κ2) is 9.27. The van der Waals surface area contributed by atoms with Gasteiger partial charge in [-0.15, -0.1) is 6.54 Å². The summed E-state index contributed by atoms with van der Waals surface area (Å²) in [5, 5.41) is 6.75. The number of piperidine rings is 1. The summed E-state index contributed by atoms with van der Waals surface area (Å²) < 4.78 is 0. The Morgan fingerprint density at radius 3 is 2.40 bits per heavy atom. The first kappa shape index (κ1) is 15.0. The van der Waals surface area contributed by atoms with Gasteiger partial charge in [0.2, 0.25) is 0 Å². The molecule has 1 aromatic rings. The van der Waals surface area contributed by atoms with E-state index in [1.54, 1.807) is 0 Å². The first-order valence-corrected chi connectivity index (χ1v) is 4.90. The predicted molar refractivity (Wildman–Crippen MR) is 59.5 cm³/mol.